The van der Waals surface area contributed by atoms with E-state index in [2.05, 4.69) is 5.32 Å². The van der Waals surface area contributed by atoms with E-state index >= 15 is 0 Å². The van der Waals surface area contributed by atoms with Gasteiger partial charge in [-0.3, -0.25) is 19.2 Å². The van der Waals surface area contributed by atoms with Gasteiger partial charge in [-0.15, -0.1) is 0 Å². The van der Waals surface area contributed by atoms with E-state index in [4.69, 9.17) is 21.7 Å². The summed E-state index contributed by atoms with van der Waals surface area (Å²) in [6, 6.07) is -4.50. The number of carbonyl (C=O) groups excluding carboxylic acids is 3. The van der Waals surface area contributed by atoms with E-state index in [-0.39, 0.29) is 12.8 Å². The van der Waals surface area contributed by atoms with Gasteiger partial charge in [0, 0.05) is 6.42 Å². The number of hydrogen-bond donors (Lipinski definition) is 7. The van der Waals surface area contributed by atoms with Gasteiger partial charge in [-0.1, -0.05) is 0 Å². The van der Waals surface area contributed by atoms with Gasteiger partial charge in [0.05, 0.1) is 18.6 Å². The standard InChI is InChI=1S/C13H22N4O8/c1-5(18)10(17-11(22)6(14)2-3-8(15)19)12(23)16-7(13(24)25)4-9(20)21/h5-7,10,18H,2-4,14H2,1H3,(H2,15,19)(H,16,23)(H,17,22)(H,20,21)(H,24,25). The van der Waals surface area contributed by atoms with Crippen LogP contribution in [0.15, 0.2) is 0 Å². The molecule has 4 unspecified atom stereocenters. The molecule has 0 heterocycles. The van der Waals surface area contributed by atoms with Crippen molar-refractivity contribution in [2.45, 2.75) is 50.4 Å². The Morgan fingerprint density at radius 1 is 1.04 bits per heavy atom. The van der Waals surface area contributed by atoms with Gasteiger partial charge in [0.25, 0.3) is 0 Å². The topological polar surface area (TPSA) is 222 Å². The van der Waals surface area contributed by atoms with Crippen LogP contribution in [0.4, 0.5) is 0 Å². The number of aliphatic hydroxyl groups excluding tert-OH is 1. The van der Waals surface area contributed by atoms with Crippen LogP contribution in [0.3, 0.4) is 0 Å². The maximum absolute atomic E-state index is 12.0. The molecule has 0 spiro atoms. The number of amides is 3. The molecule has 12 nitrogen and oxygen atoms in total. The molecule has 25 heavy (non-hydrogen) atoms. The molecule has 0 bridgehead atoms. The highest BCUT2D eigenvalue weighted by Crippen LogP contribution is 2.01. The van der Waals surface area contributed by atoms with Crippen molar-refractivity contribution in [3.05, 3.63) is 0 Å². The van der Waals surface area contributed by atoms with Gasteiger partial charge < -0.3 is 37.4 Å². The lowest BCUT2D eigenvalue weighted by Gasteiger charge is -2.24. The summed E-state index contributed by atoms with van der Waals surface area (Å²) in [5.41, 5.74) is 10.5. The van der Waals surface area contributed by atoms with Crippen LogP contribution in [0.1, 0.15) is 26.2 Å². The molecule has 4 atom stereocenters. The first-order valence-electron chi connectivity index (χ1n) is 7.23. The summed E-state index contributed by atoms with van der Waals surface area (Å²) in [6.07, 6.45) is -2.57. The molecular weight excluding hydrogens is 340 g/mol. The van der Waals surface area contributed by atoms with Gasteiger partial charge in [0.15, 0.2) is 0 Å². The average Bonchev–Trinajstić information content (AvgIpc) is 2.47. The molecule has 0 aromatic carbocycles. The number of rotatable bonds is 11. The Morgan fingerprint density at radius 3 is 2.00 bits per heavy atom. The number of aliphatic carboxylic acids is 2. The van der Waals surface area contributed by atoms with E-state index < -0.39 is 60.3 Å². The molecule has 0 aliphatic carbocycles. The molecule has 0 aromatic rings. The number of carboxylic acid groups (broad SMARTS) is 2. The second kappa shape index (κ2) is 10.2. The zero-order valence-electron chi connectivity index (χ0n) is 13.5. The molecule has 142 valence electrons. The first kappa shape index (κ1) is 22.3. The molecule has 0 aliphatic rings. The number of nitrogens with one attached hydrogen (secondary N) is 2. The molecular formula is C13H22N4O8. The minimum Gasteiger partial charge on any atom is -0.481 e. The maximum atomic E-state index is 12.0. The van der Waals surface area contributed by atoms with E-state index in [9.17, 15) is 29.1 Å². The summed E-state index contributed by atoms with van der Waals surface area (Å²) in [5.74, 6) is -5.69. The zero-order chi connectivity index (χ0) is 19.7. The highest BCUT2D eigenvalue weighted by Gasteiger charge is 2.31. The highest BCUT2D eigenvalue weighted by atomic mass is 16.4. The van der Waals surface area contributed by atoms with Crippen molar-refractivity contribution in [2.24, 2.45) is 11.5 Å². The fraction of sp³-hybridized carbons (Fsp3) is 0.615. The van der Waals surface area contributed by atoms with Gasteiger partial charge in [0.1, 0.15) is 12.1 Å². The van der Waals surface area contributed by atoms with Gasteiger partial charge in [-0.25, -0.2) is 4.79 Å². The van der Waals surface area contributed by atoms with Crippen molar-refractivity contribution < 1.29 is 39.3 Å². The molecule has 12 heteroatoms. The van der Waals surface area contributed by atoms with E-state index in [0.29, 0.717) is 0 Å². The summed E-state index contributed by atoms with van der Waals surface area (Å²) >= 11 is 0. The Bertz CT molecular complexity index is 536. The smallest absolute Gasteiger partial charge is 0.326 e. The third kappa shape index (κ3) is 8.62. The summed E-state index contributed by atoms with van der Waals surface area (Å²) < 4.78 is 0. The van der Waals surface area contributed by atoms with E-state index in [0.717, 1.165) is 6.92 Å². The van der Waals surface area contributed by atoms with Crippen molar-refractivity contribution in [2.75, 3.05) is 0 Å². The minimum atomic E-state index is -1.74. The number of nitrogens with two attached hydrogens (primary N) is 2. The van der Waals surface area contributed by atoms with Crippen LogP contribution >= 0.6 is 0 Å². The average molecular weight is 362 g/mol. The molecule has 0 aliphatic heterocycles. The normalized spacial score (nSPS) is 15.3. The van der Waals surface area contributed by atoms with Crippen molar-refractivity contribution in [3.8, 4) is 0 Å². The highest BCUT2D eigenvalue weighted by molar-refractivity contribution is 5.93. The number of carboxylic acids is 2. The first-order chi connectivity index (χ1) is 11.5. The fourth-order valence-electron chi connectivity index (χ4n) is 1.73. The van der Waals surface area contributed by atoms with E-state index in [1.807, 2.05) is 5.32 Å². The molecule has 0 radical (unpaired) electrons. The Labute approximate surface area is 142 Å². The Morgan fingerprint density at radius 2 is 1.60 bits per heavy atom. The van der Waals surface area contributed by atoms with Crippen LogP contribution in [0.2, 0.25) is 0 Å². The van der Waals surface area contributed by atoms with Gasteiger partial charge in [-0.2, -0.15) is 0 Å². The van der Waals surface area contributed by atoms with Crippen LogP contribution in [0.25, 0.3) is 0 Å². The number of hydrogen-bond acceptors (Lipinski definition) is 7. The third-order valence-corrected chi connectivity index (χ3v) is 3.09. The summed E-state index contributed by atoms with van der Waals surface area (Å²) in [5, 5.41) is 31.2. The lowest BCUT2D eigenvalue weighted by Crippen LogP contribution is -2.58. The van der Waals surface area contributed by atoms with Crippen molar-refractivity contribution in [3.63, 3.8) is 0 Å². The molecule has 0 fully saturated rings. The zero-order valence-corrected chi connectivity index (χ0v) is 13.5. The van der Waals surface area contributed by atoms with Crippen molar-refractivity contribution in [1.82, 2.24) is 10.6 Å². The molecule has 0 rings (SSSR count). The lowest BCUT2D eigenvalue weighted by molar-refractivity contribution is -0.147. The van der Waals surface area contributed by atoms with Crippen LogP contribution in [0.5, 0.6) is 0 Å². The lowest BCUT2D eigenvalue weighted by atomic mass is 10.1. The quantitative estimate of drug-likeness (QED) is 0.193. The van der Waals surface area contributed by atoms with Crippen LogP contribution < -0.4 is 22.1 Å². The van der Waals surface area contributed by atoms with Gasteiger partial charge in [-0.05, 0) is 13.3 Å². The van der Waals surface area contributed by atoms with E-state index in [1.54, 1.807) is 0 Å². The summed E-state index contributed by atoms with van der Waals surface area (Å²) in [6.45, 7) is 1.16. The minimum absolute atomic E-state index is 0.0912. The van der Waals surface area contributed by atoms with Gasteiger partial charge >= 0.3 is 11.9 Å². The predicted molar refractivity (Wildman–Crippen MR) is 81.8 cm³/mol. The Balaban J connectivity index is 4.94. The van der Waals surface area contributed by atoms with E-state index in [1.165, 1.54) is 0 Å². The Hall–Kier alpha value is -2.73. The molecule has 3 amide bonds. The fourth-order valence-corrected chi connectivity index (χ4v) is 1.73. The Kier molecular flexibility index (Phi) is 9.09. The maximum Gasteiger partial charge on any atom is 0.326 e. The van der Waals surface area contributed by atoms with Crippen molar-refractivity contribution in [1.29, 1.82) is 0 Å². The van der Waals surface area contributed by atoms with Crippen molar-refractivity contribution >= 4 is 29.7 Å². The monoisotopic (exact) mass is 362 g/mol. The summed E-state index contributed by atoms with van der Waals surface area (Å²) in [7, 11) is 0. The molecule has 0 aromatic heterocycles. The number of carbonyl (C=O) groups is 5. The van der Waals surface area contributed by atoms with Crippen LogP contribution in [-0.2, 0) is 24.0 Å². The molecule has 0 saturated heterocycles. The third-order valence-electron chi connectivity index (χ3n) is 3.09. The SMILES string of the molecule is CC(O)C(NC(=O)C(N)CCC(N)=O)C(=O)NC(CC(=O)O)C(=O)O. The number of primary amides is 1. The van der Waals surface area contributed by atoms with Crippen LogP contribution in [-0.4, -0.2) is 69.2 Å². The predicted octanol–water partition coefficient (Wildman–Crippen LogP) is -3.51. The molecule has 0 saturated carbocycles. The first-order valence-corrected chi connectivity index (χ1v) is 7.23. The summed E-state index contributed by atoms with van der Waals surface area (Å²) in [4.78, 5) is 56.2. The van der Waals surface area contributed by atoms with Gasteiger partial charge in [0.2, 0.25) is 17.7 Å². The molecule has 9 N–H and O–H groups in total. The van der Waals surface area contributed by atoms with Crippen LogP contribution in [0, 0.1) is 0 Å². The second-order valence-electron chi connectivity index (χ2n) is 5.34. The largest absolute Gasteiger partial charge is 0.481 e. The number of aliphatic hydroxyl groups is 1. The second-order valence-corrected chi connectivity index (χ2v) is 5.34.